The van der Waals surface area contributed by atoms with E-state index >= 15 is 0 Å². The predicted molar refractivity (Wildman–Crippen MR) is 58.8 cm³/mol. The molecule has 0 radical (unpaired) electrons. The highest BCUT2D eigenvalue weighted by molar-refractivity contribution is 5.73. The third-order valence-electron chi connectivity index (χ3n) is 3.06. The maximum absolute atomic E-state index is 11.2. The van der Waals surface area contributed by atoms with Crippen molar-refractivity contribution in [2.75, 3.05) is 26.2 Å². The van der Waals surface area contributed by atoms with Crippen molar-refractivity contribution in [3.8, 4) is 0 Å². The van der Waals surface area contributed by atoms with Crippen molar-refractivity contribution in [2.24, 2.45) is 0 Å². The third-order valence-corrected chi connectivity index (χ3v) is 3.06. The third kappa shape index (κ3) is 2.41. The van der Waals surface area contributed by atoms with E-state index in [1.165, 1.54) is 0 Å². The highest BCUT2D eigenvalue weighted by Crippen LogP contribution is 2.11. The van der Waals surface area contributed by atoms with Gasteiger partial charge >= 0.3 is 0 Å². The van der Waals surface area contributed by atoms with Gasteiger partial charge in [-0.2, -0.15) is 0 Å². The zero-order valence-corrected chi connectivity index (χ0v) is 9.77. The molecule has 0 unspecified atom stereocenters. The highest BCUT2D eigenvalue weighted by Gasteiger charge is 2.19. The molecule has 0 atom stereocenters. The van der Waals surface area contributed by atoms with Gasteiger partial charge in [0.1, 0.15) is 5.76 Å². The number of aryl methyl sites for hydroxylation is 1. The largest absolute Gasteiger partial charge is 0.361 e. The van der Waals surface area contributed by atoms with Gasteiger partial charge in [-0.3, -0.25) is 9.69 Å². The van der Waals surface area contributed by atoms with Crippen LogP contribution in [-0.2, 0) is 11.3 Å². The van der Waals surface area contributed by atoms with E-state index in [9.17, 15) is 4.79 Å². The number of piperazine rings is 1. The summed E-state index contributed by atoms with van der Waals surface area (Å²) < 4.78 is 5.02. The Morgan fingerprint density at radius 1 is 1.44 bits per heavy atom. The lowest BCUT2D eigenvalue weighted by Crippen LogP contribution is -2.47. The quantitative estimate of drug-likeness (QED) is 0.738. The van der Waals surface area contributed by atoms with Crippen molar-refractivity contribution in [3.05, 3.63) is 17.5 Å². The van der Waals surface area contributed by atoms with Crippen LogP contribution in [-0.4, -0.2) is 47.0 Å². The Bertz CT molecular complexity index is 367. The maximum atomic E-state index is 11.2. The second kappa shape index (κ2) is 4.65. The van der Waals surface area contributed by atoms with Gasteiger partial charge in [-0.25, -0.2) is 0 Å². The first kappa shape index (κ1) is 11.1. The first-order valence-electron chi connectivity index (χ1n) is 5.55. The van der Waals surface area contributed by atoms with E-state index in [1.807, 2.05) is 11.8 Å². The number of hydrogen-bond donors (Lipinski definition) is 0. The second-order valence-electron chi connectivity index (χ2n) is 4.19. The summed E-state index contributed by atoms with van der Waals surface area (Å²) >= 11 is 0. The van der Waals surface area contributed by atoms with Gasteiger partial charge in [-0.15, -0.1) is 0 Å². The molecule has 0 N–H and O–H groups in total. The zero-order chi connectivity index (χ0) is 11.5. The van der Waals surface area contributed by atoms with Gasteiger partial charge in [0.25, 0.3) is 0 Å². The summed E-state index contributed by atoms with van der Waals surface area (Å²) in [6.07, 6.45) is 1.77. The highest BCUT2D eigenvalue weighted by atomic mass is 16.5. The number of rotatable bonds is 2. The Balaban J connectivity index is 1.86. The normalized spacial score (nSPS) is 17.8. The van der Waals surface area contributed by atoms with Gasteiger partial charge in [-0.1, -0.05) is 5.16 Å². The summed E-state index contributed by atoms with van der Waals surface area (Å²) in [6, 6.07) is 0. The van der Waals surface area contributed by atoms with Crippen molar-refractivity contribution in [3.63, 3.8) is 0 Å². The Hall–Kier alpha value is -1.36. The van der Waals surface area contributed by atoms with Crippen LogP contribution in [0.2, 0.25) is 0 Å². The molecule has 2 rings (SSSR count). The van der Waals surface area contributed by atoms with Crippen LogP contribution in [0.4, 0.5) is 0 Å². The molecule has 2 heterocycles. The first-order chi connectivity index (χ1) is 7.66. The van der Waals surface area contributed by atoms with Gasteiger partial charge in [0.2, 0.25) is 5.91 Å². The van der Waals surface area contributed by atoms with Crippen molar-refractivity contribution in [2.45, 2.75) is 20.4 Å². The van der Waals surface area contributed by atoms with E-state index in [0.717, 1.165) is 44.0 Å². The van der Waals surface area contributed by atoms with Crippen LogP contribution in [0.15, 0.2) is 10.7 Å². The number of amides is 1. The summed E-state index contributed by atoms with van der Waals surface area (Å²) in [5, 5.41) is 3.76. The van der Waals surface area contributed by atoms with Gasteiger partial charge < -0.3 is 9.42 Å². The molecular weight excluding hydrogens is 206 g/mol. The summed E-state index contributed by atoms with van der Waals surface area (Å²) in [5.74, 6) is 1.05. The molecule has 0 aromatic carbocycles. The molecule has 1 aromatic heterocycles. The minimum absolute atomic E-state index is 0.167. The predicted octanol–water partition coefficient (Wildman–Crippen LogP) is 0.647. The molecule has 0 spiro atoms. The molecule has 0 aliphatic carbocycles. The molecule has 1 fully saturated rings. The Morgan fingerprint density at radius 3 is 2.62 bits per heavy atom. The van der Waals surface area contributed by atoms with Crippen LogP contribution in [0.1, 0.15) is 18.2 Å². The molecule has 0 bridgehead atoms. The Morgan fingerprint density at radius 2 is 2.12 bits per heavy atom. The number of carbonyl (C=O) groups excluding carboxylic acids is 1. The van der Waals surface area contributed by atoms with Crippen molar-refractivity contribution in [1.82, 2.24) is 15.0 Å². The van der Waals surface area contributed by atoms with E-state index in [-0.39, 0.29) is 5.91 Å². The van der Waals surface area contributed by atoms with Gasteiger partial charge in [0, 0.05) is 45.2 Å². The smallest absolute Gasteiger partial charge is 0.219 e. The van der Waals surface area contributed by atoms with Crippen molar-refractivity contribution < 1.29 is 9.32 Å². The molecular formula is C11H17N3O2. The van der Waals surface area contributed by atoms with E-state index < -0.39 is 0 Å². The summed E-state index contributed by atoms with van der Waals surface area (Å²) in [6.45, 7) is 7.89. The van der Waals surface area contributed by atoms with E-state index in [1.54, 1.807) is 13.1 Å². The average molecular weight is 223 g/mol. The fourth-order valence-electron chi connectivity index (χ4n) is 1.93. The number of carbonyl (C=O) groups is 1. The lowest BCUT2D eigenvalue weighted by Gasteiger charge is -2.33. The molecule has 16 heavy (non-hydrogen) atoms. The first-order valence-corrected chi connectivity index (χ1v) is 5.55. The molecule has 0 saturated carbocycles. The Kier molecular flexibility index (Phi) is 3.24. The number of nitrogens with zero attached hydrogens (tertiary/aromatic N) is 3. The average Bonchev–Trinajstić information content (AvgIpc) is 2.65. The summed E-state index contributed by atoms with van der Waals surface area (Å²) in [7, 11) is 0. The van der Waals surface area contributed by atoms with E-state index in [0.29, 0.717) is 0 Å². The Labute approximate surface area is 95.0 Å². The zero-order valence-electron chi connectivity index (χ0n) is 9.77. The maximum Gasteiger partial charge on any atom is 0.219 e. The van der Waals surface area contributed by atoms with Gasteiger partial charge in [0.15, 0.2) is 0 Å². The van der Waals surface area contributed by atoms with Crippen LogP contribution in [0.25, 0.3) is 0 Å². The van der Waals surface area contributed by atoms with Gasteiger partial charge in [0.05, 0.1) is 6.20 Å². The number of aromatic nitrogens is 1. The fraction of sp³-hybridized carbons (Fsp3) is 0.636. The lowest BCUT2D eigenvalue weighted by molar-refractivity contribution is -0.130. The molecule has 88 valence electrons. The second-order valence-corrected chi connectivity index (χ2v) is 4.19. The fourth-order valence-corrected chi connectivity index (χ4v) is 1.93. The molecule has 1 aliphatic rings. The van der Waals surface area contributed by atoms with Crippen LogP contribution >= 0.6 is 0 Å². The minimum Gasteiger partial charge on any atom is -0.361 e. The molecule has 1 aromatic rings. The van der Waals surface area contributed by atoms with E-state index in [4.69, 9.17) is 4.52 Å². The van der Waals surface area contributed by atoms with Gasteiger partial charge in [-0.05, 0) is 6.92 Å². The van der Waals surface area contributed by atoms with Crippen LogP contribution in [0.5, 0.6) is 0 Å². The SMILES string of the molecule is CC(=O)N1CCN(Cc2cnoc2C)CC1. The van der Waals surface area contributed by atoms with Crippen molar-refractivity contribution in [1.29, 1.82) is 0 Å². The minimum atomic E-state index is 0.167. The summed E-state index contributed by atoms with van der Waals surface area (Å²) in [4.78, 5) is 15.4. The molecule has 1 amide bonds. The molecule has 5 heteroatoms. The number of hydrogen-bond acceptors (Lipinski definition) is 4. The van der Waals surface area contributed by atoms with Crippen LogP contribution in [0.3, 0.4) is 0 Å². The monoisotopic (exact) mass is 223 g/mol. The molecule has 1 aliphatic heterocycles. The topological polar surface area (TPSA) is 49.6 Å². The lowest BCUT2D eigenvalue weighted by atomic mass is 10.2. The van der Waals surface area contributed by atoms with E-state index in [2.05, 4.69) is 10.1 Å². The van der Waals surface area contributed by atoms with Crippen LogP contribution < -0.4 is 0 Å². The molecule has 5 nitrogen and oxygen atoms in total. The molecule has 1 saturated heterocycles. The standard InChI is InChI=1S/C11H17N3O2/c1-9-11(7-12-16-9)8-13-3-5-14(6-4-13)10(2)15/h7H,3-6,8H2,1-2H3. The van der Waals surface area contributed by atoms with Crippen LogP contribution in [0, 0.1) is 6.92 Å². The van der Waals surface area contributed by atoms with Crippen molar-refractivity contribution >= 4 is 5.91 Å². The summed E-state index contributed by atoms with van der Waals surface area (Å²) in [5.41, 5.74) is 1.14.